The monoisotopic (exact) mass is 496 g/mol. The molecule has 1 fully saturated rings. The molecule has 3 rings (SSSR count). The molecule has 36 heavy (non-hydrogen) atoms. The molecule has 2 aromatic carbocycles. The lowest BCUT2D eigenvalue weighted by atomic mass is 9.98. The first-order valence-electron chi connectivity index (χ1n) is 12.8. The van der Waals surface area contributed by atoms with E-state index >= 15 is 0 Å². The van der Waals surface area contributed by atoms with Crippen LogP contribution >= 0.6 is 0 Å². The Hall–Kier alpha value is -3.06. The Morgan fingerprint density at radius 1 is 0.972 bits per heavy atom. The normalized spacial score (nSPS) is 18.4. The quantitative estimate of drug-likeness (QED) is 0.470. The number of aliphatic hydroxyl groups is 1. The molecule has 0 radical (unpaired) electrons. The van der Waals surface area contributed by atoms with Crippen LogP contribution in [-0.2, 0) is 22.6 Å². The average molecular weight is 497 g/mol. The van der Waals surface area contributed by atoms with E-state index in [1.54, 1.807) is 26.2 Å². The molecule has 7 heteroatoms. The molecule has 2 amide bonds. The Morgan fingerprint density at radius 2 is 1.69 bits per heavy atom. The van der Waals surface area contributed by atoms with Crippen LogP contribution in [0.15, 0.2) is 36.4 Å². The van der Waals surface area contributed by atoms with Crippen LogP contribution in [-0.4, -0.2) is 67.1 Å². The molecule has 1 N–H and O–H groups in total. The molecule has 0 bridgehead atoms. The number of nitrogens with zero attached hydrogens (tertiary/aromatic N) is 2. The highest BCUT2D eigenvalue weighted by Gasteiger charge is 2.37. The Labute approximate surface area is 215 Å². The third-order valence-corrected chi connectivity index (χ3v) is 7.05. The Bertz CT molecular complexity index is 1010. The summed E-state index contributed by atoms with van der Waals surface area (Å²) in [5.74, 6) is 0.920. The van der Waals surface area contributed by atoms with E-state index in [2.05, 4.69) is 6.92 Å². The predicted molar refractivity (Wildman–Crippen MR) is 141 cm³/mol. The van der Waals surface area contributed by atoms with E-state index in [0.717, 1.165) is 42.4 Å². The summed E-state index contributed by atoms with van der Waals surface area (Å²) in [4.78, 5) is 29.9. The zero-order valence-corrected chi connectivity index (χ0v) is 22.3. The van der Waals surface area contributed by atoms with Gasteiger partial charge in [0.2, 0.25) is 11.8 Å². The fourth-order valence-electron chi connectivity index (χ4n) is 4.92. The van der Waals surface area contributed by atoms with Gasteiger partial charge in [0.1, 0.15) is 6.04 Å². The number of hydrogen-bond donors (Lipinski definition) is 1. The summed E-state index contributed by atoms with van der Waals surface area (Å²) in [5, 5.41) is 9.78. The van der Waals surface area contributed by atoms with E-state index in [9.17, 15) is 14.7 Å². The molecule has 0 saturated carbocycles. The maximum Gasteiger partial charge on any atom is 0.245 e. The van der Waals surface area contributed by atoms with Crippen molar-refractivity contribution < 1.29 is 24.2 Å². The van der Waals surface area contributed by atoms with Crippen molar-refractivity contribution in [1.29, 1.82) is 0 Å². The van der Waals surface area contributed by atoms with Crippen molar-refractivity contribution in [2.24, 2.45) is 5.92 Å². The van der Waals surface area contributed by atoms with Crippen LogP contribution in [0, 0.1) is 5.92 Å². The topological polar surface area (TPSA) is 79.3 Å². The molecule has 0 aliphatic carbocycles. The van der Waals surface area contributed by atoms with Crippen molar-refractivity contribution in [3.05, 3.63) is 47.5 Å². The molecule has 196 valence electrons. The second-order valence-electron chi connectivity index (χ2n) is 9.64. The lowest BCUT2D eigenvalue weighted by Gasteiger charge is -2.28. The number of unbranched alkanes of at least 4 members (excludes halogenated alkanes) is 3. The zero-order chi connectivity index (χ0) is 26.2. The first kappa shape index (κ1) is 27.5. The molecule has 0 aromatic heterocycles. The summed E-state index contributed by atoms with van der Waals surface area (Å²) in [6, 6.07) is 11.2. The van der Waals surface area contributed by atoms with Crippen LogP contribution in [0.2, 0.25) is 0 Å². The van der Waals surface area contributed by atoms with Gasteiger partial charge >= 0.3 is 0 Å². The maximum atomic E-state index is 13.5. The van der Waals surface area contributed by atoms with Crippen molar-refractivity contribution in [3.8, 4) is 22.6 Å². The van der Waals surface area contributed by atoms with Gasteiger partial charge in [-0.3, -0.25) is 9.59 Å². The molecule has 0 spiro atoms. The first-order chi connectivity index (χ1) is 17.3. The van der Waals surface area contributed by atoms with Crippen LogP contribution in [0.25, 0.3) is 11.1 Å². The minimum atomic E-state index is -0.512. The van der Waals surface area contributed by atoms with E-state index < -0.39 is 6.04 Å². The lowest BCUT2D eigenvalue weighted by molar-refractivity contribution is -0.140. The number of amides is 2. The maximum absolute atomic E-state index is 13.5. The number of rotatable bonds is 11. The predicted octanol–water partition coefficient (Wildman–Crippen LogP) is 4.29. The number of methoxy groups -OCH3 is 2. The van der Waals surface area contributed by atoms with Gasteiger partial charge in [0, 0.05) is 32.1 Å². The van der Waals surface area contributed by atoms with Gasteiger partial charge in [-0.1, -0.05) is 57.4 Å². The SMILES string of the molecule is CCCCCCN1CC(C)C(=O)N(C)C(Cc2ccc(-c3cc(CO)c(OC)c(OC)c3)cc2)C1=O. The third-order valence-electron chi connectivity index (χ3n) is 7.05. The fraction of sp³-hybridized carbons (Fsp3) is 0.517. The largest absolute Gasteiger partial charge is 0.493 e. The molecular weight excluding hydrogens is 456 g/mol. The standard InChI is InChI=1S/C29H40N2O5/c1-6-7-8-9-14-31-18-20(2)28(33)30(3)25(29(31)34)15-21-10-12-22(13-11-21)23-16-24(19-32)27(36-5)26(17-23)35-4/h10-13,16-17,20,25,32H,6-9,14-15,18-19H2,1-5H3. The Kier molecular flexibility index (Phi) is 9.76. The van der Waals surface area contributed by atoms with Crippen LogP contribution in [0.4, 0.5) is 0 Å². The summed E-state index contributed by atoms with van der Waals surface area (Å²) >= 11 is 0. The van der Waals surface area contributed by atoms with E-state index in [0.29, 0.717) is 36.6 Å². The van der Waals surface area contributed by atoms with Gasteiger partial charge in [0.05, 0.1) is 26.7 Å². The molecule has 1 saturated heterocycles. The van der Waals surface area contributed by atoms with Crippen molar-refractivity contribution >= 4 is 11.8 Å². The average Bonchev–Trinajstić information content (AvgIpc) is 2.97. The number of likely N-dealkylation sites (N-methyl/N-ethyl adjacent to an activating group) is 1. The van der Waals surface area contributed by atoms with Crippen molar-refractivity contribution in [2.75, 3.05) is 34.4 Å². The van der Waals surface area contributed by atoms with Gasteiger partial charge in [-0.15, -0.1) is 0 Å². The van der Waals surface area contributed by atoms with Gasteiger partial charge in [0.15, 0.2) is 11.5 Å². The first-order valence-corrected chi connectivity index (χ1v) is 12.8. The van der Waals surface area contributed by atoms with Gasteiger partial charge < -0.3 is 24.4 Å². The zero-order valence-electron chi connectivity index (χ0n) is 22.3. The minimum Gasteiger partial charge on any atom is -0.493 e. The van der Waals surface area contributed by atoms with Gasteiger partial charge in [-0.25, -0.2) is 0 Å². The lowest BCUT2D eigenvalue weighted by Crippen LogP contribution is -2.47. The third kappa shape index (κ3) is 6.19. The molecule has 1 heterocycles. The molecule has 2 aromatic rings. The van der Waals surface area contributed by atoms with Crippen molar-refractivity contribution in [3.63, 3.8) is 0 Å². The molecule has 7 nitrogen and oxygen atoms in total. The second-order valence-corrected chi connectivity index (χ2v) is 9.64. The van der Waals surface area contributed by atoms with E-state index in [1.807, 2.05) is 48.2 Å². The molecule has 2 unspecified atom stereocenters. The fourth-order valence-corrected chi connectivity index (χ4v) is 4.92. The number of carbonyl (C=O) groups is 2. The van der Waals surface area contributed by atoms with E-state index in [4.69, 9.17) is 9.47 Å². The van der Waals surface area contributed by atoms with Gasteiger partial charge in [0.25, 0.3) is 0 Å². The van der Waals surface area contributed by atoms with Crippen LogP contribution in [0.1, 0.15) is 50.7 Å². The Morgan fingerprint density at radius 3 is 2.31 bits per heavy atom. The summed E-state index contributed by atoms with van der Waals surface area (Å²) in [6.45, 7) is 5.10. The number of carbonyl (C=O) groups excluding carboxylic acids is 2. The number of ether oxygens (including phenoxy) is 2. The number of aliphatic hydroxyl groups excluding tert-OH is 1. The van der Waals surface area contributed by atoms with Crippen LogP contribution in [0.3, 0.4) is 0 Å². The summed E-state index contributed by atoms with van der Waals surface area (Å²) < 4.78 is 10.8. The highest BCUT2D eigenvalue weighted by molar-refractivity contribution is 5.91. The van der Waals surface area contributed by atoms with Crippen molar-refractivity contribution in [2.45, 2.75) is 58.6 Å². The van der Waals surface area contributed by atoms with Crippen molar-refractivity contribution in [1.82, 2.24) is 9.80 Å². The van der Waals surface area contributed by atoms with Gasteiger partial charge in [-0.2, -0.15) is 0 Å². The Balaban J connectivity index is 1.81. The summed E-state index contributed by atoms with van der Waals surface area (Å²) in [5.41, 5.74) is 3.48. The summed E-state index contributed by atoms with van der Waals surface area (Å²) in [7, 11) is 4.87. The number of hydrogen-bond acceptors (Lipinski definition) is 5. The van der Waals surface area contributed by atoms with Crippen LogP contribution < -0.4 is 9.47 Å². The smallest absolute Gasteiger partial charge is 0.245 e. The second kappa shape index (κ2) is 12.8. The molecular formula is C29H40N2O5. The van der Waals surface area contributed by atoms with E-state index in [-0.39, 0.29) is 24.3 Å². The number of benzene rings is 2. The molecule has 2 atom stereocenters. The minimum absolute atomic E-state index is 0.0166. The van der Waals surface area contributed by atoms with Gasteiger partial charge in [-0.05, 0) is 35.2 Å². The molecule has 1 aliphatic heterocycles. The molecule has 1 aliphatic rings. The van der Waals surface area contributed by atoms with Crippen LogP contribution in [0.5, 0.6) is 11.5 Å². The highest BCUT2D eigenvalue weighted by Crippen LogP contribution is 2.36. The summed E-state index contributed by atoms with van der Waals surface area (Å²) in [6.07, 6.45) is 4.83. The van der Waals surface area contributed by atoms with E-state index in [1.165, 1.54) is 0 Å². The highest BCUT2D eigenvalue weighted by atomic mass is 16.5.